The number of hydrogen-bond donors (Lipinski definition) is 2. The maximum absolute atomic E-state index is 12.5. The first-order chi connectivity index (χ1) is 11.8. The predicted octanol–water partition coefficient (Wildman–Crippen LogP) is 2.07. The minimum absolute atomic E-state index is 0.00558. The molecule has 0 fully saturated rings. The van der Waals surface area contributed by atoms with Gasteiger partial charge in [-0.15, -0.1) is 0 Å². The van der Waals surface area contributed by atoms with Gasteiger partial charge in [0.2, 0.25) is 0 Å². The highest BCUT2D eigenvalue weighted by atomic mass is 32.2. The molecule has 0 unspecified atom stereocenters. The average Bonchev–Trinajstić information content (AvgIpc) is 2.61. The second kappa shape index (κ2) is 7.11. The number of carboxylic acids is 1. The van der Waals surface area contributed by atoms with Crippen LogP contribution in [0.3, 0.4) is 0 Å². The van der Waals surface area contributed by atoms with Crippen molar-refractivity contribution >= 4 is 21.7 Å². The SMILES string of the molecule is COc1cc(OC)c(NS(=O)(=O)c2ccc(C#N)cc2)c(C(=O)O)c1. The summed E-state index contributed by atoms with van der Waals surface area (Å²) in [5.74, 6) is -1.15. The van der Waals surface area contributed by atoms with E-state index in [4.69, 9.17) is 14.7 Å². The van der Waals surface area contributed by atoms with Gasteiger partial charge < -0.3 is 14.6 Å². The van der Waals surface area contributed by atoms with Gasteiger partial charge in [0, 0.05) is 6.07 Å². The lowest BCUT2D eigenvalue weighted by molar-refractivity contribution is 0.0697. The van der Waals surface area contributed by atoms with E-state index in [0.29, 0.717) is 5.56 Å². The van der Waals surface area contributed by atoms with Crippen molar-refractivity contribution in [2.45, 2.75) is 4.90 Å². The average molecular weight is 362 g/mol. The Balaban J connectivity index is 2.54. The predicted molar refractivity (Wildman–Crippen MR) is 88.5 cm³/mol. The molecular formula is C16H14N2O6S. The third kappa shape index (κ3) is 3.81. The summed E-state index contributed by atoms with van der Waals surface area (Å²) in [6.45, 7) is 0. The standard InChI is InChI=1S/C16H14N2O6S/c1-23-11-7-13(16(19)20)15(14(8-11)24-2)18-25(21,22)12-5-3-10(9-17)4-6-12/h3-8,18H,1-2H3,(H,19,20). The first-order valence-electron chi connectivity index (χ1n) is 6.84. The Hall–Kier alpha value is -3.25. The minimum atomic E-state index is -4.09. The van der Waals surface area contributed by atoms with E-state index in [2.05, 4.69) is 4.72 Å². The van der Waals surface area contributed by atoms with Crippen molar-refractivity contribution < 1.29 is 27.8 Å². The Labute approximate surface area is 144 Å². The van der Waals surface area contributed by atoms with E-state index in [1.54, 1.807) is 0 Å². The highest BCUT2D eigenvalue weighted by Gasteiger charge is 2.23. The molecule has 0 aliphatic heterocycles. The largest absolute Gasteiger partial charge is 0.497 e. The van der Waals surface area contributed by atoms with Gasteiger partial charge in [0.15, 0.2) is 0 Å². The number of nitrogens with zero attached hydrogens (tertiary/aromatic N) is 1. The van der Waals surface area contributed by atoms with Crippen LogP contribution in [-0.4, -0.2) is 33.7 Å². The van der Waals surface area contributed by atoms with Crippen molar-refractivity contribution in [2.75, 3.05) is 18.9 Å². The summed E-state index contributed by atoms with van der Waals surface area (Å²) in [6.07, 6.45) is 0. The Morgan fingerprint density at radius 2 is 1.80 bits per heavy atom. The van der Waals surface area contributed by atoms with Crippen LogP contribution >= 0.6 is 0 Å². The summed E-state index contributed by atoms with van der Waals surface area (Å²) in [7, 11) is -1.46. The quantitative estimate of drug-likeness (QED) is 0.805. The number of carbonyl (C=O) groups is 1. The van der Waals surface area contributed by atoms with Gasteiger partial charge in [-0.25, -0.2) is 13.2 Å². The molecule has 9 heteroatoms. The second-order valence-corrected chi connectivity index (χ2v) is 6.48. The Bertz CT molecular complexity index is 946. The van der Waals surface area contributed by atoms with Crippen molar-refractivity contribution in [3.05, 3.63) is 47.5 Å². The van der Waals surface area contributed by atoms with Gasteiger partial charge in [-0.2, -0.15) is 5.26 Å². The monoisotopic (exact) mass is 362 g/mol. The van der Waals surface area contributed by atoms with E-state index in [9.17, 15) is 18.3 Å². The molecule has 2 rings (SSSR count). The molecule has 25 heavy (non-hydrogen) atoms. The van der Waals surface area contributed by atoms with E-state index in [1.807, 2.05) is 6.07 Å². The fraction of sp³-hybridized carbons (Fsp3) is 0.125. The molecule has 0 bridgehead atoms. The van der Waals surface area contributed by atoms with Crippen LogP contribution in [0.4, 0.5) is 5.69 Å². The molecule has 130 valence electrons. The Morgan fingerprint density at radius 3 is 2.28 bits per heavy atom. The number of aromatic carboxylic acids is 1. The molecule has 8 nitrogen and oxygen atoms in total. The number of nitrogens with one attached hydrogen (secondary N) is 1. The summed E-state index contributed by atoms with van der Waals surface area (Å²) in [6, 6.07) is 9.61. The number of nitriles is 1. The number of hydrogen-bond acceptors (Lipinski definition) is 6. The lowest BCUT2D eigenvalue weighted by Gasteiger charge is -2.15. The summed E-state index contributed by atoms with van der Waals surface area (Å²) in [5.41, 5.74) is -0.249. The second-order valence-electron chi connectivity index (χ2n) is 4.80. The van der Waals surface area contributed by atoms with E-state index in [1.165, 1.54) is 50.6 Å². The highest BCUT2D eigenvalue weighted by molar-refractivity contribution is 7.92. The first kappa shape index (κ1) is 18.1. The number of methoxy groups -OCH3 is 2. The van der Waals surface area contributed by atoms with Crippen molar-refractivity contribution in [1.29, 1.82) is 5.26 Å². The van der Waals surface area contributed by atoms with Crippen LogP contribution in [0, 0.1) is 11.3 Å². The Kier molecular flexibility index (Phi) is 5.14. The van der Waals surface area contributed by atoms with Crippen LogP contribution in [-0.2, 0) is 10.0 Å². The lowest BCUT2D eigenvalue weighted by atomic mass is 10.1. The molecule has 0 aromatic heterocycles. The van der Waals surface area contributed by atoms with Crippen LogP contribution in [0.25, 0.3) is 0 Å². The van der Waals surface area contributed by atoms with Gasteiger partial charge >= 0.3 is 5.97 Å². The van der Waals surface area contributed by atoms with Gasteiger partial charge in [-0.3, -0.25) is 4.72 Å². The molecule has 0 aliphatic rings. The zero-order chi connectivity index (χ0) is 18.6. The topological polar surface area (TPSA) is 126 Å². The van der Waals surface area contributed by atoms with E-state index >= 15 is 0 Å². The number of carboxylic acid groups (broad SMARTS) is 1. The molecule has 0 amide bonds. The number of rotatable bonds is 6. The summed E-state index contributed by atoms with van der Waals surface area (Å²) in [4.78, 5) is 11.4. The molecule has 2 N–H and O–H groups in total. The molecule has 0 heterocycles. The zero-order valence-corrected chi connectivity index (χ0v) is 14.1. The van der Waals surface area contributed by atoms with Crippen molar-refractivity contribution in [3.63, 3.8) is 0 Å². The van der Waals surface area contributed by atoms with Crippen molar-refractivity contribution in [2.24, 2.45) is 0 Å². The summed E-state index contributed by atoms with van der Waals surface area (Å²) in [5, 5.41) is 18.1. The molecular weight excluding hydrogens is 348 g/mol. The van der Waals surface area contributed by atoms with Crippen LogP contribution < -0.4 is 14.2 Å². The minimum Gasteiger partial charge on any atom is -0.497 e. The van der Waals surface area contributed by atoms with E-state index < -0.39 is 16.0 Å². The number of sulfonamides is 1. The van der Waals surface area contributed by atoms with Crippen LogP contribution in [0.15, 0.2) is 41.3 Å². The molecule has 0 saturated carbocycles. The summed E-state index contributed by atoms with van der Waals surface area (Å²) >= 11 is 0. The molecule has 0 aliphatic carbocycles. The van der Waals surface area contributed by atoms with Gasteiger partial charge in [0.1, 0.15) is 17.2 Å². The van der Waals surface area contributed by atoms with Crippen LogP contribution in [0.1, 0.15) is 15.9 Å². The Morgan fingerprint density at radius 1 is 1.16 bits per heavy atom. The molecule has 2 aromatic rings. The van der Waals surface area contributed by atoms with Gasteiger partial charge in [-0.05, 0) is 30.3 Å². The van der Waals surface area contributed by atoms with Crippen molar-refractivity contribution in [3.8, 4) is 17.6 Å². The molecule has 2 aromatic carbocycles. The maximum Gasteiger partial charge on any atom is 0.338 e. The van der Waals surface area contributed by atoms with Crippen LogP contribution in [0.5, 0.6) is 11.5 Å². The third-order valence-corrected chi connectivity index (χ3v) is 4.66. The molecule has 0 spiro atoms. The summed E-state index contributed by atoms with van der Waals surface area (Å²) < 4.78 is 37.3. The number of benzene rings is 2. The third-order valence-electron chi connectivity index (χ3n) is 3.29. The van der Waals surface area contributed by atoms with Gasteiger partial charge in [-0.1, -0.05) is 0 Å². The fourth-order valence-electron chi connectivity index (χ4n) is 2.04. The van der Waals surface area contributed by atoms with Crippen LogP contribution in [0.2, 0.25) is 0 Å². The zero-order valence-electron chi connectivity index (χ0n) is 13.3. The normalized spacial score (nSPS) is 10.6. The van der Waals surface area contributed by atoms with Gasteiger partial charge in [0.25, 0.3) is 10.0 Å². The molecule has 0 saturated heterocycles. The fourth-order valence-corrected chi connectivity index (χ4v) is 3.14. The first-order valence-corrected chi connectivity index (χ1v) is 8.33. The highest BCUT2D eigenvalue weighted by Crippen LogP contribution is 2.35. The maximum atomic E-state index is 12.5. The van der Waals surface area contributed by atoms with E-state index in [0.717, 1.165) is 0 Å². The lowest BCUT2D eigenvalue weighted by Crippen LogP contribution is -2.16. The van der Waals surface area contributed by atoms with Gasteiger partial charge in [0.05, 0.1) is 36.3 Å². The molecule has 0 radical (unpaired) electrons. The number of ether oxygens (including phenoxy) is 2. The molecule has 0 atom stereocenters. The van der Waals surface area contributed by atoms with Crippen molar-refractivity contribution in [1.82, 2.24) is 0 Å². The van der Waals surface area contributed by atoms with E-state index in [-0.39, 0.29) is 27.6 Å². The number of anilines is 1. The smallest absolute Gasteiger partial charge is 0.338 e.